The first-order chi connectivity index (χ1) is 7.15. The van der Waals surface area contributed by atoms with Crippen molar-refractivity contribution in [2.75, 3.05) is 7.05 Å². The molecule has 0 heterocycles. The molecule has 0 amide bonds. The summed E-state index contributed by atoms with van der Waals surface area (Å²) in [6.07, 6.45) is 10.5. The Morgan fingerprint density at radius 2 is 2.33 bits per heavy atom. The van der Waals surface area contributed by atoms with E-state index in [1.165, 1.54) is 38.5 Å². The summed E-state index contributed by atoms with van der Waals surface area (Å²) in [4.78, 5) is 0. The number of rotatable bonds is 5. The second kappa shape index (κ2) is 6.29. The lowest BCUT2D eigenvalue weighted by Gasteiger charge is -2.19. The lowest BCUT2D eigenvalue weighted by molar-refractivity contribution is 0.306. The molecule has 15 heavy (non-hydrogen) atoms. The molecule has 2 nitrogen and oxygen atoms in total. The van der Waals surface area contributed by atoms with E-state index in [9.17, 15) is 0 Å². The van der Waals surface area contributed by atoms with E-state index in [1.54, 1.807) is 10.6 Å². The van der Waals surface area contributed by atoms with Crippen molar-refractivity contribution in [2.45, 2.75) is 58.4 Å². The molecular weight excluding hydrogens is 184 g/mol. The maximum absolute atomic E-state index is 5.75. The van der Waals surface area contributed by atoms with Gasteiger partial charge in [-0.15, -0.1) is 0 Å². The summed E-state index contributed by atoms with van der Waals surface area (Å²) in [6, 6.07) is 0.377. The molecule has 2 heteroatoms. The fourth-order valence-electron chi connectivity index (χ4n) is 2.37. The Morgan fingerprint density at radius 1 is 1.60 bits per heavy atom. The van der Waals surface area contributed by atoms with Crippen LogP contribution in [0.2, 0.25) is 0 Å². The molecule has 0 aromatic rings. The van der Waals surface area contributed by atoms with Gasteiger partial charge < -0.3 is 0 Å². The zero-order valence-electron chi connectivity index (χ0n) is 10.5. The van der Waals surface area contributed by atoms with Crippen molar-refractivity contribution in [3.05, 3.63) is 11.6 Å². The normalized spacial score (nSPS) is 26.5. The lowest BCUT2D eigenvalue weighted by Crippen LogP contribution is -2.34. The van der Waals surface area contributed by atoms with Crippen molar-refractivity contribution in [1.29, 1.82) is 0 Å². The van der Waals surface area contributed by atoms with E-state index in [2.05, 4.69) is 19.9 Å². The van der Waals surface area contributed by atoms with Gasteiger partial charge in [-0.2, -0.15) is 0 Å². The fourth-order valence-corrected chi connectivity index (χ4v) is 2.37. The van der Waals surface area contributed by atoms with E-state index in [1.807, 2.05) is 7.05 Å². The minimum Gasteiger partial charge on any atom is -0.269 e. The van der Waals surface area contributed by atoms with Crippen molar-refractivity contribution < 1.29 is 0 Å². The van der Waals surface area contributed by atoms with Crippen molar-refractivity contribution in [2.24, 2.45) is 11.8 Å². The lowest BCUT2D eigenvalue weighted by atomic mass is 9.95. The van der Waals surface area contributed by atoms with E-state index >= 15 is 0 Å². The topological polar surface area (TPSA) is 29.3 Å². The SMILES string of the molecule is CCCC[C@H]1CCC/C1=C/[C@@H](C)N(C)N. The van der Waals surface area contributed by atoms with Gasteiger partial charge in [0, 0.05) is 13.1 Å². The van der Waals surface area contributed by atoms with Gasteiger partial charge in [-0.1, -0.05) is 31.4 Å². The standard InChI is InChI=1S/C13H26N2/c1-4-5-7-12-8-6-9-13(12)10-11(2)15(3)14/h10-12H,4-9,14H2,1-3H3/b13-10-/t11-,12+/m1/s1. The van der Waals surface area contributed by atoms with Crippen LogP contribution in [0.25, 0.3) is 0 Å². The van der Waals surface area contributed by atoms with Crippen LogP contribution in [-0.2, 0) is 0 Å². The van der Waals surface area contributed by atoms with Crippen LogP contribution in [-0.4, -0.2) is 18.1 Å². The van der Waals surface area contributed by atoms with Crippen LogP contribution in [0.1, 0.15) is 52.4 Å². The Balaban J connectivity index is 2.51. The number of nitrogens with two attached hydrogens (primary N) is 1. The third kappa shape index (κ3) is 3.96. The van der Waals surface area contributed by atoms with E-state index < -0.39 is 0 Å². The van der Waals surface area contributed by atoms with Gasteiger partial charge in [-0.3, -0.25) is 5.84 Å². The third-order valence-corrected chi connectivity index (χ3v) is 3.55. The Bertz CT molecular complexity index is 209. The molecule has 0 aromatic carbocycles. The molecule has 1 aliphatic rings. The Morgan fingerprint density at radius 3 is 2.93 bits per heavy atom. The smallest absolute Gasteiger partial charge is 0.0392 e. The number of allylic oxidation sites excluding steroid dienone is 1. The Labute approximate surface area is 94.5 Å². The first kappa shape index (κ1) is 12.7. The molecule has 88 valence electrons. The van der Waals surface area contributed by atoms with Gasteiger partial charge in [0.2, 0.25) is 0 Å². The highest BCUT2D eigenvalue weighted by Gasteiger charge is 2.20. The highest BCUT2D eigenvalue weighted by atomic mass is 15.4. The van der Waals surface area contributed by atoms with Crippen molar-refractivity contribution in [1.82, 2.24) is 5.01 Å². The molecule has 1 rings (SSSR count). The zero-order chi connectivity index (χ0) is 11.3. The highest BCUT2D eigenvalue weighted by Crippen LogP contribution is 2.34. The number of likely N-dealkylation sites (N-methyl/N-ethyl adjacent to an activating group) is 1. The van der Waals surface area contributed by atoms with Crippen molar-refractivity contribution >= 4 is 0 Å². The highest BCUT2D eigenvalue weighted by molar-refractivity contribution is 5.13. The first-order valence-corrected chi connectivity index (χ1v) is 6.33. The van der Waals surface area contributed by atoms with Crippen molar-refractivity contribution in [3.8, 4) is 0 Å². The minimum absolute atomic E-state index is 0.377. The Hall–Kier alpha value is -0.340. The van der Waals surface area contributed by atoms with E-state index in [-0.39, 0.29) is 0 Å². The predicted molar refractivity (Wildman–Crippen MR) is 66.4 cm³/mol. The molecule has 0 aliphatic heterocycles. The summed E-state index contributed by atoms with van der Waals surface area (Å²) in [5, 5.41) is 1.79. The van der Waals surface area contributed by atoms with Gasteiger partial charge in [-0.05, 0) is 38.5 Å². The van der Waals surface area contributed by atoms with Crippen molar-refractivity contribution in [3.63, 3.8) is 0 Å². The number of hydrogen-bond donors (Lipinski definition) is 1. The summed E-state index contributed by atoms with van der Waals surface area (Å²) in [5.41, 5.74) is 1.66. The monoisotopic (exact) mass is 210 g/mol. The first-order valence-electron chi connectivity index (χ1n) is 6.33. The van der Waals surface area contributed by atoms with E-state index in [0.717, 1.165) is 5.92 Å². The second-order valence-electron chi connectivity index (χ2n) is 4.88. The molecule has 0 saturated heterocycles. The van der Waals surface area contributed by atoms with Crippen LogP contribution in [0.5, 0.6) is 0 Å². The number of hydrogen-bond acceptors (Lipinski definition) is 2. The summed E-state index contributed by atoms with van der Waals surface area (Å²) in [6.45, 7) is 4.44. The summed E-state index contributed by atoms with van der Waals surface area (Å²) in [7, 11) is 1.94. The molecule has 0 radical (unpaired) electrons. The van der Waals surface area contributed by atoms with Crippen LogP contribution < -0.4 is 5.84 Å². The molecule has 1 saturated carbocycles. The van der Waals surface area contributed by atoms with E-state index in [0.29, 0.717) is 6.04 Å². The minimum atomic E-state index is 0.377. The van der Waals surface area contributed by atoms with Crippen LogP contribution in [0.4, 0.5) is 0 Å². The largest absolute Gasteiger partial charge is 0.269 e. The second-order valence-corrected chi connectivity index (χ2v) is 4.88. The summed E-state index contributed by atoms with van der Waals surface area (Å²) >= 11 is 0. The van der Waals surface area contributed by atoms with Crippen LogP contribution in [0.15, 0.2) is 11.6 Å². The van der Waals surface area contributed by atoms with Gasteiger partial charge in [0.15, 0.2) is 0 Å². The maximum Gasteiger partial charge on any atom is 0.0392 e. The summed E-state index contributed by atoms with van der Waals surface area (Å²) < 4.78 is 0. The van der Waals surface area contributed by atoms with Gasteiger partial charge in [0.25, 0.3) is 0 Å². The average Bonchev–Trinajstić information content (AvgIpc) is 2.62. The van der Waals surface area contributed by atoms with Crippen LogP contribution in [0, 0.1) is 5.92 Å². The van der Waals surface area contributed by atoms with Gasteiger partial charge >= 0.3 is 0 Å². The van der Waals surface area contributed by atoms with E-state index in [4.69, 9.17) is 5.84 Å². The number of nitrogens with zero attached hydrogens (tertiary/aromatic N) is 1. The fraction of sp³-hybridized carbons (Fsp3) is 0.846. The quantitative estimate of drug-likeness (QED) is 0.429. The molecule has 1 aliphatic carbocycles. The predicted octanol–water partition coefficient (Wildman–Crippen LogP) is 3.10. The number of unbranched alkanes of at least 4 members (excludes halogenated alkanes) is 1. The molecule has 0 spiro atoms. The van der Waals surface area contributed by atoms with Gasteiger partial charge in [-0.25, -0.2) is 5.01 Å². The molecule has 0 unspecified atom stereocenters. The van der Waals surface area contributed by atoms with Gasteiger partial charge in [0.05, 0.1) is 0 Å². The molecule has 1 fully saturated rings. The molecule has 0 bridgehead atoms. The molecular formula is C13H26N2. The third-order valence-electron chi connectivity index (χ3n) is 3.55. The average molecular weight is 210 g/mol. The zero-order valence-corrected chi connectivity index (χ0v) is 10.5. The van der Waals surface area contributed by atoms with Gasteiger partial charge in [0.1, 0.15) is 0 Å². The number of hydrazine groups is 1. The summed E-state index contributed by atoms with van der Waals surface area (Å²) in [5.74, 6) is 6.60. The van der Waals surface area contributed by atoms with Crippen LogP contribution >= 0.6 is 0 Å². The molecule has 0 aromatic heterocycles. The Kier molecular flexibility index (Phi) is 5.34. The molecule has 2 atom stereocenters. The maximum atomic E-state index is 5.75. The molecule has 2 N–H and O–H groups in total. The van der Waals surface area contributed by atoms with Crippen LogP contribution in [0.3, 0.4) is 0 Å².